The van der Waals surface area contributed by atoms with Gasteiger partial charge in [-0.25, -0.2) is 5.84 Å². The Hall–Kier alpha value is 0.343. The van der Waals surface area contributed by atoms with Crippen molar-refractivity contribution in [2.24, 2.45) is 5.84 Å². The standard InChI is InChI=1S/CH3ClN2O.Zn/c2-1(5)4-3;/h3H2,(H,4,5);. The van der Waals surface area contributed by atoms with E-state index in [0.29, 0.717) is 0 Å². The summed E-state index contributed by atoms with van der Waals surface area (Å²) in [6.45, 7) is 0. The number of carbonyl (C=O) groups is 1. The first-order valence-electron chi connectivity index (χ1n) is 0.932. The second kappa shape index (κ2) is 5.34. The Morgan fingerprint density at radius 1 is 1.83 bits per heavy atom. The summed E-state index contributed by atoms with van der Waals surface area (Å²) in [5, 5.41) is -0.745. The Bertz CT molecular complexity index is 48.8. The fraction of sp³-hybridized carbons (Fsp3) is 0. The summed E-state index contributed by atoms with van der Waals surface area (Å²) in [5.74, 6) is 4.44. The summed E-state index contributed by atoms with van der Waals surface area (Å²) >= 11 is 4.59. The predicted octanol–water partition coefficient (Wildman–Crippen LogP) is -0.194. The Balaban J connectivity index is 0. The predicted molar refractivity (Wildman–Crippen MR) is 18.6 cm³/mol. The van der Waals surface area contributed by atoms with Crippen molar-refractivity contribution in [3.63, 3.8) is 0 Å². The van der Waals surface area contributed by atoms with E-state index in [9.17, 15) is 4.79 Å². The SMILES string of the molecule is NNC(=O)Cl.[Zn]. The van der Waals surface area contributed by atoms with Gasteiger partial charge >= 0.3 is 5.37 Å². The first-order chi connectivity index (χ1) is 2.27. The number of rotatable bonds is 0. The molecule has 0 saturated heterocycles. The maximum atomic E-state index is 9.34. The molecule has 5 heteroatoms. The Morgan fingerprint density at radius 3 is 2.00 bits per heavy atom. The molecule has 0 aromatic heterocycles. The van der Waals surface area contributed by atoms with E-state index in [1.54, 1.807) is 5.43 Å². The van der Waals surface area contributed by atoms with Crippen molar-refractivity contribution in [2.75, 3.05) is 0 Å². The minimum atomic E-state index is -0.745. The summed E-state index contributed by atoms with van der Waals surface area (Å²) in [4.78, 5) is 9.34. The monoisotopic (exact) mass is 158 g/mol. The summed E-state index contributed by atoms with van der Waals surface area (Å²) in [6.07, 6.45) is 0. The van der Waals surface area contributed by atoms with Gasteiger partial charge in [0.2, 0.25) is 0 Å². The van der Waals surface area contributed by atoms with Gasteiger partial charge in [-0.2, -0.15) is 0 Å². The van der Waals surface area contributed by atoms with Crippen LogP contribution in [0.5, 0.6) is 0 Å². The molecule has 0 aliphatic heterocycles. The van der Waals surface area contributed by atoms with Gasteiger partial charge in [0.1, 0.15) is 0 Å². The molecular formula is CH3ClN2OZn. The van der Waals surface area contributed by atoms with Crippen molar-refractivity contribution in [3.05, 3.63) is 0 Å². The number of hydrogen-bond donors (Lipinski definition) is 2. The van der Waals surface area contributed by atoms with Crippen LogP contribution in [-0.4, -0.2) is 5.37 Å². The van der Waals surface area contributed by atoms with Crippen molar-refractivity contribution in [2.45, 2.75) is 0 Å². The van der Waals surface area contributed by atoms with Crippen LogP contribution in [0.15, 0.2) is 0 Å². The van der Waals surface area contributed by atoms with E-state index in [4.69, 9.17) is 0 Å². The molecule has 0 aliphatic carbocycles. The van der Waals surface area contributed by atoms with Crippen molar-refractivity contribution in [1.82, 2.24) is 5.43 Å². The third-order valence-electron chi connectivity index (χ3n) is 0.113. The molecular weight excluding hydrogens is 157 g/mol. The Morgan fingerprint density at radius 2 is 2.00 bits per heavy atom. The molecule has 0 radical (unpaired) electrons. The minimum absolute atomic E-state index is 0. The zero-order valence-corrected chi connectivity index (χ0v) is 6.79. The molecule has 0 rings (SSSR count). The average Bonchev–Trinajstić information content (AvgIpc) is 1.38. The van der Waals surface area contributed by atoms with E-state index in [0.717, 1.165) is 0 Å². The van der Waals surface area contributed by atoms with Gasteiger partial charge in [0.05, 0.1) is 0 Å². The third kappa shape index (κ3) is 8.84. The molecule has 32 valence electrons. The topological polar surface area (TPSA) is 55.1 Å². The van der Waals surface area contributed by atoms with Crippen LogP contribution in [0.25, 0.3) is 0 Å². The van der Waals surface area contributed by atoms with E-state index < -0.39 is 5.37 Å². The average molecular weight is 160 g/mol. The van der Waals surface area contributed by atoms with Crippen LogP contribution in [0.2, 0.25) is 0 Å². The van der Waals surface area contributed by atoms with Gasteiger partial charge in [0.15, 0.2) is 0 Å². The molecule has 0 unspecified atom stereocenters. The molecule has 0 aromatic rings. The number of nitrogens with one attached hydrogen (secondary N) is 1. The quantitative estimate of drug-likeness (QED) is 0.129. The van der Waals surface area contributed by atoms with Crippen LogP contribution in [-0.2, 0) is 19.5 Å². The van der Waals surface area contributed by atoms with Gasteiger partial charge in [0.25, 0.3) is 0 Å². The van der Waals surface area contributed by atoms with E-state index in [-0.39, 0.29) is 19.5 Å². The fourth-order valence-corrected chi connectivity index (χ4v) is 0. The molecule has 3 nitrogen and oxygen atoms in total. The first-order valence-corrected chi connectivity index (χ1v) is 1.31. The van der Waals surface area contributed by atoms with Crippen LogP contribution in [0, 0.1) is 0 Å². The number of hydrazine groups is 1. The van der Waals surface area contributed by atoms with E-state index in [2.05, 4.69) is 17.4 Å². The van der Waals surface area contributed by atoms with Gasteiger partial charge in [-0.1, -0.05) is 0 Å². The molecule has 0 atom stereocenters. The molecule has 0 aliphatic rings. The number of amides is 1. The van der Waals surface area contributed by atoms with Crippen LogP contribution in [0.1, 0.15) is 0 Å². The van der Waals surface area contributed by atoms with Crippen LogP contribution >= 0.6 is 11.6 Å². The number of carbonyl (C=O) groups excluding carboxylic acids is 1. The molecule has 1 amide bonds. The van der Waals surface area contributed by atoms with Gasteiger partial charge in [-0.15, -0.1) is 0 Å². The Kier molecular flexibility index (Phi) is 8.55. The van der Waals surface area contributed by atoms with Crippen LogP contribution in [0.3, 0.4) is 0 Å². The molecule has 3 N–H and O–H groups in total. The largest absolute Gasteiger partial charge is 0.327 e. The van der Waals surface area contributed by atoms with Crippen molar-refractivity contribution in [3.8, 4) is 0 Å². The maximum Gasteiger partial charge on any atom is 0.327 e. The molecule has 0 spiro atoms. The number of halogens is 1. The van der Waals surface area contributed by atoms with E-state index in [1.165, 1.54) is 0 Å². The number of nitrogens with two attached hydrogens (primary N) is 1. The Labute approximate surface area is 52.9 Å². The number of hydrogen-bond acceptors (Lipinski definition) is 2. The van der Waals surface area contributed by atoms with E-state index in [1.807, 2.05) is 0 Å². The van der Waals surface area contributed by atoms with Gasteiger partial charge in [-0.05, 0) is 11.6 Å². The molecule has 0 fully saturated rings. The third-order valence-corrected chi connectivity index (χ3v) is 0.223. The normalized spacial score (nSPS) is 5.67. The molecule has 0 heterocycles. The summed E-state index contributed by atoms with van der Waals surface area (Å²) < 4.78 is 0. The summed E-state index contributed by atoms with van der Waals surface area (Å²) in [7, 11) is 0. The van der Waals surface area contributed by atoms with Crippen molar-refractivity contribution < 1.29 is 24.3 Å². The molecule has 0 bridgehead atoms. The first kappa shape index (κ1) is 9.60. The van der Waals surface area contributed by atoms with Crippen LogP contribution in [0.4, 0.5) is 4.79 Å². The molecule has 0 aromatic carbocycles. The van der Waals surface area contributed by atoms with Crippen molar-refractivity contribution >= 4 is 17.0 Å². The minimum Gasteiger partial charge on any atom is -0.281 e. The summed E-state index contributed by atoms with van der Waals surface area (Å²) in [6, 6.07) is 0. The maximum absolute atomic E-state index is 9.34. The zero-order chi connectivity index (χ0) is 4.28. The second-order valence-corrected chi connectivity index (χ2v) is 0.761. The van der Waals surface area contributed by atoms with Crippen molar-refractivity contribution in [1.29, 1.82) is 0 Å². The fourth-order valence-electron chi connectivity index (χ4n) is 0. The molecule has 0 saturated carbocycles. The molecule has 6 heavy (non-hydrogen) atoms. The zero-order valence-electron chi connectivity index (χ0n) is 3.07. The van der Waals surface area contributed by atoms with Gasteiger partial charge in [-0.3, -0.25) is 10.2 Å². The van der Waals surface area contributed by atoms with Gasteiger partial charge in [0, 0.05) is 19.5 Å². The summed E-state index contributed by atoms with van der Waals surface area (Å²) in [5.41, 5.74) is 1.65. The van der Waals surface area contributed by atoms with E-state index >= 15 is 0 Å². The smallest absolute Gasteiger partial charge is 0.281 e. The van der Waals surface area contributed by atoms with Crippen LogP contribution < -0.4 is 11.3 Å². The second-order valence-electron chi connectivity index (χ2n) is 0.418. The van der Waals surface area contributed by atoms with Gasteiger partial charge < -0.3 is 0 Å².